The van der Waals surface area contributed by atoms with E-state index in [1.165, 1.54) is 18.6 Å². The standard InChI is InChI=1S/C15H17FN2O/c1-15(7-3-2-4-8-15)14(19)18-13-6-5-12(16)9-11(13)10-17/h5-6,9H,2-4,7-8H2,1H3,(H,18,19). The first-order valence-electron chi connectivity index (χ1n) is 6.56. The number of nitrogens with zero attached hydrogens (tertiary/aromatic N) is 1. The van der Waals surface area contributed by atoms with Crippen molar-refractivity contribution in [2.24, 2.45) is 5.41 Å². The smallest absolute Gasteiger partial charge is 0.230 e. The molecular formula is C15H17FN2O. The summed E-state index contributed by atoms with van der Waals surface area (Å²) in [7, 11) is 0. The first-order chi connectivity index (χ1) is 9.05. The van der Waals surface area contributed by atoms with Crippen LogP contribution in [-0.4, -0.2) is 5.91 Å². The number of nitriles is 1. The maximum Gasteiger partial charge on any atom is 0.230 e. The SMILES string of the molecule is CC1(C(=O)Nc2ccc(F)cc2C#N)CCCCC1. The van der Waals surface area contributed by atoms with Gasteiger partial charge in [0.2, 0.25) is 5.91 Å². The molecule has 1 aromatic carbocycles. The molecule has 1 aromatic rings. The van der Waals surface area contributed by atoms with Crippen molar-refractivity contribution in [1.29, 1.82) is 5.26 Å². The molecule has 1 amide bonds. The van der Waals surface area contributed by atoms with Gasteiger partial charge in [0.15, 0.2) is 0 Å². The summed E-state index contributed by atoms with van der Waals surface area (Å²) in [5.41, 5.74) is 0.174. The molecule has 1 fully saturated rings. The van der Waals surface area contributed by atoms with E-state index < -0.39 is 5.82 Å². The zero-order valence-corrected chi connectivity index (χ0v) is 11.0. The highest BCUT2D eigenvalue weighted by molar-refractivity contribution is 5.96. The molecule has 0 aliphatic heterocycles. The van der Waals surface area contributed by atoms with E-state index in [1.807, 2.05) is 13.0 Å². The number of rotatable bonds is 2. The molecule has 3 nitrogen and oxygen atoms in total. The van der Waals surface area contributed by atoms with Crippen molar-refractivity contribution in [2.45, 2.75) is 39.0 Å². The van der Waals surface area contributed by atoms with E-state index in [9.17, 15) is 9.18 Å². The van der Waals surface area contributed by atoms with Crippen molar-refractivity contribution in [1.82, 2.24) is 0 Å². The Bertz CT molecular complexity index is 527. The van der Waals surface area contributed by atoms with Gasteiger partial charge in [0, 0.05) is 5.41 Å². The van der Waals surface area contributed by atoms with Crippen molar-refractivity contribution >= 4 is 11.6 Å². The van der Waals surface area contributed by atoms with Crippen LogP contribution < -0.4 is 5.32 Å². The highest BCUT2D eigenvalue weighted by atomic mass is 19.1. The lowest BCUT2D eigenvalue weighted by atomic mass is 9.75. The molecule has 0 aromatic heterocycles. The molecule has 1 aliphatic carbocycles. The van der Waals surface area contributed by atoms with Crippen molar-refractivity contribution in [3.8, 4) is 6.07 Å². The fraction of sp³-hybridized carbons (Fsp3) is 0.467. The summed E-state index contributed by atoms with van der Waals surface area (Å²) < 4.78 is 13.0. The zero-order chi connectivity index (χ0) is 13.9. The minimum absolute atomic E-state index is 0.0738. The molecule has 0 heterocycles. The van der Waals surface area contributed by atoms with E-state index >= 15 is 0 Å². The topological polar surface area (TPSA) is 52.9 Å². The summed E-state index contributed by atoms with van der Waals surface area (Å²) in [5, 5.41) is 11.7. The largest absolute Gasteiger partial charge is 0.324 e. The monoisotopic (exact) mass is 260 g/mol. The molecule has 4 heteroatoms. The molecule has 19 heavy (non-hydrogen) atoms. The van der Waals surface area contributed by atoms with Crippen LogP contribution in [0.4, 0.5) is 10.1 Å². The van der Waals surface area contributed by atoms with Gasteiger partial charge in [-0.3, -0.25) is 4.79 Å². The van der Waals surface area contributed by atoms with Crippen LogP contribution in [0.5, 0.6) is 0 Å². The summed E-state index contributed by atoms with van der Waals surface area (Å²) >= 11 is 0. The average Bonchev–Trinajstić information content (AvgIpc) is 2.41. The number of anilines is 1. The maximum atomic E-state index is 13.0. The molecule has 1 N–H and O–H groups in total. The molecule has 2 rings (SSSR count). The molecule has 1 saturated carbocycles. The first kappa shape index (κ1) is 13.5. The van der Waals surface area contributed by atoms with Gasteiger partial charge in [0.1, 0.15) is 11.9 Å². The fourth-order valence-electron chi connectivity index (χ4n) is 2.55. The quantitative estimate of drug-likeness (QED) is 0.883. The van der Waals surface area contributed by atoms with Crippen LogP contribution in [0.3, 0.4) is 0 Å². The van der Waals surface area contributed by atoms with Gasteiger partial charge in [0.05, 0.1) is 11.3 Å². The summed E-state index contributed by atoms with van der Waals surface area (Å²) in [5.74, 6) is -0.547. The summed E-state index contributed by atoms with van der Waals surface area (Å²) in [6, 6.07) is 5.73. The molecule has 0 spiro atoms. The third-order valence-corrected chi connectivity index (χ3v) is 3.86. The maximum absolute atomic E-state index is 13.0. The summed E-state index contributed by atoms with van der Waals surface area (Å²) in [6.45, 7) is 1.96. The van der Waals surface area contributed by atoms with E-state index in [-0.39, 0.29) is 16.9 Å². The van der Waals surface area contributed by atoms with Crippen molar-refractivity contribution in [2.75, 3.05) is 5.32 Å². The van der Waals surface area contributed by atoms with Gasteiger partial charge in [-0.2, -0.15) is 5.26 Å². The Kier molecular flexibility index (Phi) is 3.84. The zero-order valence-electron chi connectivity index (χ0n) is 11.0. The second-order valence-electron chi connectivity index (χ2n) is 5.38. The second-order valence-corrected chi connectivity index (χ2v) is 5.38. The first-order valence-corrected chi connectivity index (χ1v) is 6.56. The highest BCUT2D eigenvalue weighted by Crippen LogP contribution is 2.37. The molecule has 1 aliphatic rings. The predicted octanol–water partition coefficient (Wildman–Crippen LogP) is 3.61. The van der Waals surface area contributed by atoms with Gasteiger partial charge >= 0.3 is 0 Å². The van der Waals surface area contributed by atoms with Crippen LogP contribution in [0, 0.1) is 22.6 Å². The van der Waals surface area contributed by atoms with Crippen LogP contribution in [0.2, 0.25) is 0 Å². The van der Waals surface area contributed by atoms with E-state index in [1.54, 1.807) is 0 Å². The lowest BCUT2D eigenvalue weighted by Crippen LogP contribution is -2.35. The number of nitrogens with one attached hydrogen (secondary N) is 1. The minimum atomic E-state index is -0.474. The highest BCUT2D eigenvalue weighted by Gasteiger charge is 2.34. The van der Waals surface area contributed by atoms with Gasteiger partial charge in [-0.15, -0.1) is 0 Å². The number of halogens is 1. The number of hydrogen-bond donors (Lipinski definition) is 1. The lowest BCUT2D eigenvalue weighted by molar-refractivity contribution is -0.126. The molecular weight excluding hydrogens is 243 g/mol. The molecule has 0 unspecified atom stereocenters. The van der Waals surface area contributed by atoms with E-state index in [2.05, 4.69) is 5.32 Å². The predicted molar refractivity (Wildman–Crippen MR) is 70.9 cm³/mol. The molecule has 100 valence electrons. The molecule has 0 saturated heterocycles. The Hall–Kier alpha value is -1.89. The van der Waals surface area contributed by atoms with Crippen LogP contribution >= 0.6 is 0 Å². The minimum Gasteiger partial charge on any atom is -0.324 e. The third kappa shape index (κ3) is 2.93. The van der Waals surface area contributed by atoms with Crippen molar-refractivity contribution in [3.05, 3.63) is 29.6 Å². The Labute approximate surface area is 112 Å². The molecule has 0 atom stereocenters. The Morgan fingerprint density at radius 2 is 2.05 bits per heavy atom. The Morgan fingerprint density at radius 1 is 1.37 bits per heavy atom. The van der Waals surface area contributed by atoms with Gasteiger partial charge < -0.3 is 5.32 Å². The normalized spacial score (nSPS) is 17.5. The van der Waals surface area contributed by atoms with E-state index in [0.29, 0.717) is 5.69 Å². The second kappa shape index (κ2) is 5.40. The number of amides is 1. The van der Waals surface area contributed by atoms with Crippen molar-refractivity contribution < 1.29 is 9.18 Å². The van der Waals surface area contributed by atoms with Crippen molar-refractivity contribution in [3.63, 3.8) is 0 Å². The van der Waals surface area contributed by atoms with Gasteiger partial charge in [-0.05, 0) is 31.0 Å². The number of hydrogen-bond acceptors (Lipinski definition) is 2. The summed E-state index contributed by atoms with van der Waals surface area (Å²) in [6.07, 6.45) is 5.00. The average molecular weight is 260 g/mol. The van der Waals surface area contributed by atoms with E-state index in [4.69, 9.17) is 5.26 Å². The lowest BCUT2D eigenvalue weighted by Gasteiger charge is -2.32. The Morgan fingerprint density at radius 3 is 2.68 bits per heavy atom. The molecule has 0 radical (unpaired) electrons. The number of carbonyl (C=O) groups excluding carboxylic acids is 1. The van der Waals surface area contributed by atoms with Crippen LogP contribution in [0.25, 0.3) is 0 Å². The molecule has 0 bridgehead atoms. The summed E-state index contributed by atoms with van der Waals surface area (Å²) in [4.78, 5) is 12.3. The number of benzene rings is 1. The van der Waals surface area contributed by atoms with Crippen LogP contribution in [-0.2, 0) is 4.79 Å². The Balaban J connectivity index is 2.17. The fourth-order valence-corrected chi connectivity index (χ4v) is 2.55. The van der Waals surface area contributed by atoms with Crippen LogP contribution in [0.1, 0.15) is 44.6 Å². The third-order valence-electron chi connectivity index (χ3n) is 3.86. The van der Waals surface area contributed by atoms with Gasteiger partial charge in [0.25, 0.3) is 0 Å². The van der Waals surface area contributed by atoms with Gasteiger partial charge in [-0.1, -0.05) is 26.2 Å². The number of carbonyl (C=O) groups is 1. The van der Waals surface area contributed by atoms with E-state index in [0.717, 1.165) is 31.7 Å². The van der Waals surface area contributed by atoms with Crippen LogP contribution in [0.15, 0.2) is 18.2 Å². The van der Waals surface area contributed by atoms with Gasteiger partial charge in [-0.25, -0.2) is 4.39 Å².